The zero-order valence-electron chi connectivity index (χ0n) is 8.76. The van der Waals surface area contributed by atoms with Crippen LogP contribution in [0, 0.1) is 5.92 Å². The maximum Gasteiger partial charge on any atom is 2.00 e. The predicted octanol–water partition coefficient (Wildman–Crippen LogP) is 1.74. The molecule has 0 saturated carbocycles. The van der Waals surface area contributed by atoms with E-state index in [0.29, 0.717) is 0 Å². The predicted molar refractivity (Wildman–Crippen MR) is 44.3 cm³/mol. The Hall–Kier alpha value is 0.730. The van der Waals surface area contributed by atoms with E-state index in [0.717, 1.165) is 19.3 Å². The van der Waals surface area contributed by atoms with Crippen LogP contribution in [-0.2, 0) is 4.79 Å². The standard InChI is InChI=1S/C7H14O2.Ca.2H/c1-3-4-5-6(2)7(8)9;;;/h6H,3-5H2,1-2H3,(H,8,9);;;/q;+2;2*-1. The summed E-state index contributed by atoms with van der Waals surface area (Å²) in [6.07, 6.45) is 2.91. The number of carboxylic acids is 1. The molecular formula is C7H16CaO2. The molecule has 0 aromatic rings. The van der Waals surface area contributed by atoms with E-state index in [1.165, 1.54) is 0 Å². The Kier molecular flexibility index (Phi) is 10.4. The van der Waals surface area contributed by atoms with Gasteiger partial charge in [0.2, 0.25) is 0 Å². The summed E-state index contributed by atoms with van der Waals surface area (Å²) in [5.74, 6) is -0.839. The fourth-order valence-corrected chi connectivity index (χ4v) is 0.634. The third-order valence-electron chi connectivity index (χ3n) is 1.41. The van der Waals surface area contributed by atoms with Crippen molar-refractivity contribution in [3.8, 4) is 0 Å². The smallest absolute Gasteiger partial charge is 1.00 e. The first kappa shape index (κ1) is 13.3. The molecule has 0 fully saturated rings. The van der Waals surface area contributed by atoms with E-state index < -0.39 is 5.97 Å². The Bertz CT molecular complexity index is 101. The fraction of sp³-hybridized carbons (Fsp3) is 0.857. The minimum absolute atomic E-state index is 0. The average molecular weight is 172 g/mol. The van der Waals surface area contributed by atoms with Gasteiger partial charge in [-0.2, -0.15) is 0 Å². The Morgan fingerprint density at radius 2 is 2.20 bits per heavy atom. The molecule has 1 unspecified atom stereocenters. The first-order valence-electron chi connectivity index (χ1n) is 3.41. The second kappa shape index (κ2) is 7.83. The van der Waals surface area contributed by atoms with Crippen molar-refractivity contribution >= 4 is 43.7 Å². The van der Waals surface area contributed by atoms with Gasteiger partial charge in [0, 0.05) is 0 Å². The zero-order chi connectivity index (χ0) is 7.28. The third kappa shape index (κ3) is 6.84. The van der Waals surface area contributed by atoms with Gasteiger partial charge >= 0.3 is 43.7 Å². The van der Waals surface area contributed by atoms with Crippen molar-refractivity contribution in [1.82, 2.24) is 0 Å². The van der Waals surface area contributed by atoms with Crippen LogP contribution in [0.3, 0.4) is 0 Å². The Labute approximate surface area is 95.0 Å². The zero-order valence-corrected chi connectivity index (χ0v) is 8.97. The minimum atomic E-state index is -0.677. The Balaban J connectivity index is -0.000000107. The summed E-state index contributed by atoms with van der Waals surface area (Å²) in [7, 11) is 0. The molecule has 2 nitrogen and oxygen atoms in total. The minimum Gasteiger partial charge on any atom is -1.00 e. The van der Waals surface area contributed by atoms with Gasteiger partial charge in [-0.15, -0.1) is 0 Å². The van der Waals surface area contributed by atoms with E-state index >= 15 is 0 Å². The number of hydrogen-bond acceptors (Lipinski definition) is 1. The molecule has 0 rings (SSSR count). The SMILES string of the molecule is CCCCC(C)C(=O)O.[Ca+2].[H-].[H-]. The maximum absolute atomic E-state index is 10.2. The van der Waals surface area contributed by atoms with Crippen LogP contribution in [0.25, 0.3) is 0 Å². The monoisotopic (exact) mass is 172 g/mol. The van der Waals surface area contributed by atoms with E-state index in [2.05, 4.69) is 6.92 Å². The van der Waals surface area contributed by atoms with Gasteiger partial charge in [0.05, 0.1) is 5.92 Å². The van der Waals surface area contributed by atoms with Crippen molar-refractivity contribution in [1.29, 1.82) is 0 Å². The maximum atomic E-state index is 10.2. The van der Waals surface area contributed by atoms with Crippen molar-refractivity contribution in [2.75, 3.05) is 0 Å². The van der Waals surface area contributed by atoms with Crippen LogP contribution in [-0.4, -0.2) is 48.8 Å². The van der Waals surface area contributed by atoms with Gasteiger partial charge in [0.25, 0.3) is 0 Å². The molecule has 0 aromatic carbocycles. The quantitative estimate of drug-likeness (QED) is 0.656. The largest absolute Gasteiger partial charge is 2.00 e. The summed E-state index contributed by atoms with van der Waals surface area (Å²) in [5.41, 5.74) is 0. The van der Waals surface area contributed by atoms with Crippen LogP contribution in [0.5, 0.6) is 0 Å². The number of carboxylic acid groups (broad SMARTS) is 1. The molecule has 0 aliphatic rings. The van der Waals surface area contributed by atoms with E-state index in [1.54, 1.807) is 6.92 Å². The molecule has 3 heteroatoms. The molecule has 58 valence electrons. The van der Waals surface area contributed by atoms with Crippen LogP contribution >= 0.6 is 0 Å². The van der Waals surface area contributed by atoms with Crippen molar-refractivity contribution < 1.29 is 12.8 Å². The molecule has 1 N–H and O–H groups in total. The van der Waals surface area contributed by atoms with Gasteiger partial charge in [-0.1, -0.05) is 26.7 Å². The summed E-state index contributed by atoms with van der Waals surface area (Å²) in [5, 5.41) is 8.41. The first-order chi connectivity index (χ1) is 4.18. The number of rotatable bonds is 4. The molecule has 10 heavy (non-hydrogen) atoms. The Morgan fingerprint density at radius 1 is 1.70 bits per heavy atom. The van der Waals surface area contributed by atoms with Crippen molar-refractivity contribution in [2.24, 2.45) is 5.92 Å². The number of unbranched alkanes of at least 4 members (excludes halogenated alkanes) is 1. The van der Waals surface area contributed by atoms with Gasteiger partial charge in [-0.25, -0.2) is 0 Å². The topological polar surface area (TPSA) is 37.3 Å². The summed E-state index contributed by atoms with van der Waals surface area (Å²) < 4.78 is 0. The number of hydrogen-bond donors (Lipinski definition) is 1. The van der Waals surface area contributed by atoms with Gasteiger partial charge in [-0.05, 0) is 6.42 Å². The number of carbonyl (C=O) groups is 1. The molecule has 0 heterocycles. The summed E-state index contributed by atoms with van der Waals surface area (Å²) in [4.78, 5) is 10.2. The second-order valence-corrected chi connectivity index (χ2v) is 2.38. The van der Waals surface area contributed by atoms with Crippen molar-refractivity contribution in [2.45, 2.75) is 33.1 Å². The molecule has 1 atom stereocenters. The molecule has 0 radical (unpaired) electrons. The van der Waals surface area contributed by atoms with E-state index in [-0.39, 0.29) is 46.5 Å². The van der Waals surface area contributed by atoms with Gasteiger partial charge in [0.15, 0.2) is 0 Å². The molecule has 0 aliphatic carbocycles. The molecule has 0 aliphatic heterocycles. The van der Waals surface area contributed by atoms with Crippen molar-refractivity contribution in [3.05, 3.63) is 0 Å². The van der Waals surface area contributed by atoms with E-state index in [9.17, 15) is 4.79 Å². The van der Waals surface area contributed by atoms with Crippen LogP contribution in [0.4, 0.5) is 0 Å². The molecular weight excluding hydrogens is 156 g/mol. The van der Waals surface area contributed by atoms with E-state index in [4.69, 9.17) is 5.11 Å². The summed E-state index contributed by atoms with van der Waals surface area (Å²) in [6.45, 7) is 3.81. The second-order valence-electron chi connectivity index (χ2n) is 2.38. The molecule has 0 saturated heterocycles. The van der Waals surface area contributed by atoms with Crippen LogP contribution in [0.2, 0.25) is 0 Å². The molecule has 0 bridgehead atoms. The molecule has 0 spiro atoms. The van der Waals surface area contributed by atoms with Crippen molar-refractivity contribution in [3.63, 3.8) is 0 Å². The van der Waals surface area contributed by atoms with Gasteiger partial charge in [-0.3, -0.25) is 4.79 Å². The van der Waals surface area contributed by atoms with Crippen LogP contribution in [0.15, 0.2) is 0 Å². The Morgan fingerprint density at radius 3 is 2.50 bits per heavy atom. The molecule has 0 amide bonds. The first-order valence-corrected chi connectivity index (χ1v) is 3.41. The van der Waals surface area contributed by atoms with E-state index in [1.807, 2.05) is 0 Å². The summed E-state index contributed by atoms with van der Waals surface area (Å²) >= 11 is 0. The van der Waals surface area contributed by atoms with Crippen LogP contribution < -0.4 is 0 Å². The fourth-order valence-electron chi connectivity index (χ4n) is 0.634. The normalized spacial score (nSPS) is 11.8. The van der Waals surface area contributed by atoms with Crippen LogP contribution in [0.1, 0.15) is 36.0 Å². The average Bonchev–Trinajstić information content (AvgIpc) is 1.82. The van der Waals surface area contributed by atoms with Gasteiger partial charge in [0.1, 0.15) is 0 Å². The third-order valence-corrected chi connectivity index (χ3v) is 1.41. The number of aliphatic carboxylic acids is 1. The summed E-state index contributed by atoms with van der Waals surface area (Å²) in [6, 6.07) is 0. The van der Waals surface area contributed by atoms with Gasteiger partial charge < -0.3 is 7.96 Å². The molecule has 0 aromatic heterocycles.